The molecule has 0 spiro atoms. The van der Waals surface area contributed by atoms with Gasteiger partial charge >= 0.3 is 6.01 Å². The molecule has 2 aromatic rings. The number of fused-ring (bicyclic) bond motifs is 4. The second kappa shape index (κ2) is 6.85. The van der Waals surface area contributed by atoms with Crippen molar-refractivity contribution in [2.45, 2.75) is 68.7 Å². The Morgan fingerprint density at radius 1 is 1.20 bits per heavy atom. The SMILES string of the molecule is Fc1c(Cl)ncc2c(N3C4CCC3CC4)nc(OC[C@@]34CCCN3C[C@H](F)C4)nc12. The van der Waals surface area contributed by atoms with Crippen molar-refractivity contribution in [3.8, 4) is 6.01 Å². The minimum atomic E-state index is -0.829. The Bertz CT molecular complexity index is 989. The van der Waals surface area contributed by atoms with E-state index < -0.39 is 12.0 Å². The molecule has 0 N–H and O–H groups in total. The molecule has 0 aromatic carbocycles. The lowest BCUT2D eigenvalue weighted by Crippen LogP contribution is -2.43. The summed E-state index contributed by atoms with van der Waals surface area (Å²) in [4.78, 5) is 17.5. The van der Waals surface area contributed by atoms with Gasteiger partial charge in [0.1, 0.15) is 24.1 Å². The fraction of sp³-hybridized carbons (Fsp3) is 0.667. The van der Waals surface area contributed by atoms with Gasteiger partial charge in [0, 0.05) is 31.2 Å². The van der Waals surface area contributed by atoms with Crippen molar-refractivity contribution in [3.05, 3.63) is 17.2 Å². The van der Waals surface area contributed by atoms with Crippen LogP contribution in [-0.2, 0) is 0 Å². The summed E-state index contributed by atoms with van der Waals surface area (Å²) in [6.45, 7) is 1.66. The third-order valence-electron chi connectivity index (χ3n) is 7.53. The van der Waals surface area contributed by atoms with Gasteiger partial charge in [0.05, 0.1) is 10.9 Å². The topological polar surface area (TPSA) is 54.4 Å². The van der Waals surface area contributed by atoms with Gasteiger partial charge in [-0.2, -0.15) is 9.97 Å². The first-order valence-electron chi connectivity index (χ1n) is 10.9. The molecule has 6 rings (SSSR count). The summed E-state index contributed by atoms with van der Waals surface area (Å²) in [6, 6.07) is 0.949. The summed E-state index contributed by atoms with van der Waals surface area (Å²) in [5.74, 6) is 0.0261. The minimum absolute atomic E-state index is 0.133. The predicted octanol–water partition coefficient (Wildman–Crippen LogP) is 3.90. The van der Waals surface area contributed by atoms with Crippen LogP contribution in [0.4, 0.5) is 14.6 Å². The first-order chi connectivity index (χ1) is 14.5. The van der Waals surface area contributed by atoms with Gasteiger partial charge in [-0.05, 0) is 45.1 Å². The number of anilines is 1. The third-order valence-corrected chi connectivity index (χ3v) is 7.79. The van der Waals surface area contributed by atoms with Crippen LogP contribution in [0.2, 0.25) is 5.15 Å². The van der Waals surface area contributed by atoms with E-state index in [1.807, 2.05) is 0 Å². The summed E-state index contributed by atoms with van der Waals surface area (Å²) >= 11 is 5.94. The Hall–Kier alpha value is -1.80. The van der Waals surface area contributed by atoms with Crippen LogP contribution < -0.4 is 9.64 Å². The average Bonchev–Trinajstić information content (AvgIpc) is 3.48. The quantitative estimate of drug-likeness (QED) is 0.679. The van der Waals surface area contributed by atoms with Crippen molar-refractivity contribution < 1.29 is 13.5 Å². The zero-order chi connectivity index (χ0) is 20.5. The standard InChI is InChI=1S/C21H24ClF2N5O/c22-18-16(24)17-15(9-25-18)19(29-13-2-3-14(29)5-4-13)27-20(26-17)30-11-21-6-1-7-28(21)10-12(23)8-21/h9,12-14H,1-8,10-11H2/t12-,13?,14?,21+/m1/s1. The lowest BCUT2D eigenvalue weighted by molar-refractivity contribution is 0.107. The first kappa shape index (κ1) is 18.9. The Morgan fingerprint density at radius 2 is 1.97 bits per heavy atom. The van der Waals surface area contributed by atoms with Gasteiger partial charge in [-0.15, -0.1) is 0 Å². The normalized spacial score (nSPS) is 33.0. The van der Waals surface area contributed by atoms with E-state index in [4.69, 9.17) is 21.3 Å². The van der Waals surface area contributed by atoms with E-state index in [9.17, 15) is 8.78 Å². The van der Waals surface area contributed by atoms with Gasteiger partial charge in [-0.1, -0.05) is 11.6 Å². The minimum Gasteiger partial charge on any atom is -0.461 e. The molecule has 6 heterocycles. The van der Waals surface area contributed by atoms with Crippen LogP contribution in [0.5, 0.6) is 6.01 Å². The van der Waals surface area contributed by atoms with Gasteiger partial charge in [0.2, 0.25) is 0 Å². The van der Waals surface area contributed by atoms with E-state index in [0.29, 0.717) is 42.9 Å². The van der Waals surface area contributed by atoms with Crippen molar-refractivity contribution in [1.29, 1.82) is 0 Å². The molecule has 0 radical (unpaired) electrons. The van der Waals surface area contributed by atoms with E-state index >= 15 is 0 Å². The number of nitrogens with zero attached hydrogens (tertiary/aromatic N) is 5. The molecule has 0 saturated carbocycles. The molecule has 4 aliphatic heterocycles. The van der Waals surface area contributed by atoms with Crippen molar-refractivity contribution in [1.82, 2.24) is 19.9 Å². The van der Waals surface area contributed by atoms with E-state index in [1.165, 1.54) is 0 Å². The molecule has 0 aliphatic carbocycles. The van der Waals surface area contributed by atoms with Crippen LogP contribution in [0.25, 0.3) is 10.9 Å². The Kier molecular flexibility index (Phi) is 4.32. The van der Waals surface area contributed by atoms with Gasteiger partial charge in [-0.25, -0.2) is 13.8 Å². The Balaban J connectivity index is 1.38. The maximum absolute atomic E-state index is 14.8. The largest absolute Gasteiger partial charge is 0.461 e. The summed E-state index contributed by atoms with van der Waals surface area (Å²) in [7, 11) is 0. The van der Waals surface area contributed by atoms with Gasteiger partial charge < -0.3 is 9.64 Å². The predicted molar refractivity (Wildman–Crippen MR) is 109 cm³/mol. The van der Waals surface area contributed by atoms with Crippen LogP contribution in [0.15, 0.2) is 6.20 Å². The van der Waals surface area contributed by atoms with Crippen molar-refractivity contribution in [3.63, 3.8) is 0 Å². The molecule has 2 bridgehead atoms. The van der Waals surface area contributed by atoms with E-state index in [2.05, 4.69) is 19.8 Å². The monoisotopic (exact) mass is 435 g/mol. The maximum Gasteiger partial charge on any atom is 0.319 e. The molecule has 4 fully saturated rings. The first-order valence-corrected chi connectivity index (χ1v) is 11.2. The number of ether oxygens (including phenoxy) is 1. The third kappa shape index (κ3) is 2.79. The summed E-state index contributed by atoms with van der Waals surface area (Å²) in [5.41, 5.74) is -0.171. The van der Waals surface area contributed by atoms with Gasteiger partial charge in [0.25, 0.3) is 0 Å². The summed E-state index contributed by atoms with van der Waals surface area (Å²) in [5, 5.41) is 0.354. The van der Waals surface area contributed by atoms with E-state index in [1.54, 1.807) is 6.20 Å². The van der Waals surface area contributed by atoms with Gasteiger partial charge in [0.15, 0.2) is 11.0 Å². The molecule has 2 atom stereocenters. The maximum atomic E-state index is 14.8. The highest BCUT2D eigenvalue weighted by Crippen LogP contribution is 2.44. The van der Waals surface area contributed by atoms with Crippen LogP contribution >= 0.6 is 11.6 Å². The lowest BCUT2D eigenvalue weighted by Gasteiger charge is -2.31. The highest BCUT2D eigenvalue weighted by molar-refractivity contribution is 6.30. The number of aromatic nitrogens is 3. The summed E-state index contributed by atoms with van der Waals surface area (Å²) in [6.07, 6.45) is 7.59. The Morgan fingerprint density at radius 3 is 2.73 bits per heavy atom. The Labute approximate surface area is 178 Å². The second-order valence-electron chi connectivity index (χ2n) is 9.19. The molecule has 30 heavy (non-hydrogen) atoms. The molecular formula is C21H24ClF2N5O. The number of alkyl halides is 1. The lowest BCUT2D eigenvalue weighted by atomic mass is 9.95. The number of halogens is 3. The van der Waals surface area contributed by atoms with Crippen molar-refractivity contribution in [2.75, 3.05) is 24.6 Å². The van der Waals surface area contributed by atoms with E-state index in [-0.39, 0.29) is 22.2 Å². The molecule has 9 heteroatoms. The number of hydrogen-bond acceptors (Lipinski definition) is 6. The zero-order valence-electron chi connectivity index (χ0n) is 16.7. The second-order valence-corrected chi connectivity index (χ2v) is 9.55. The number of pyridine rings is 1. The number of hydrogen-bond donors (Lipinski definition) is 0. The van der Waals surface area contributed by atoms with Crippen molar-refractivity contribution >= 4 is 28.3 Å². The molecule has 160 valence electrons. The molecule has 2 aromatic heterocycles. The molecule has 4 saturated heterocycles. The molecule has 6 nitrogen and oxygen atoms in total. The summed E-state index contributed by atoms with van der Waals surface area (Å²) < 4.78 is 35.0. The smallest absolute Gasteiger partial charge is 0.319 e. The average molecular weight is 436 g/mol. The van der Waals surface area contributed by atoms with E-state index in [0.717, 1.165) is 45.1 Å². The van der Waals surface area contributed by atoms with Crippen molar-refractivity contribution in [2.24, 2.45) is 0 Å². The van der Waals surface area contributed by atoms with Gasteiger partial charge in [-0.3, -0.25) is 4.90 Å². The molecule has 4 aliphatic rings. The van der Waals surface area contributed by atoms with Crippen LogP contribution in [-0.4, -0.2) is 63.3 Å². The fourth-order valence-electron chi connectivity index (χ4n) is 6.17. The van der Waals surface area contributed by atoms with Crippen LogP contribution in [0.1, 0.15) is 44.9 Å². The fourth-order valence-corrected chi connectivity index (χ4v) is 6.31. The highest BCUT2D eigenvalue weighted by Gasteiger charge is 2.49. The molecule has 0 unspecified atom stereocenters. The zero-order valence-corrected chi connectivity index (χ0v) is 17.4. The number of rotatable bonds is 4. The molecular weight excluding hydrogens is 412 g/mol. The molecule has 0 amide bonds. The highest BCUT2D eigenvalue weighted by atomic mass is 35.5. The van der Waals surface area contributed by atoms with Crippen LogP contribution in [0.3, 0.4) is 0 Å². The van der Waals surface area contributed by atoms with Crippen LogP contribution in [0, 0.1) is 5.82 Å².